The summed E-state index contributed by atoms with van der Waals surface area (Å²) in [6, 6.07) is 16.2. The summed E-state index contributed by atoms with van der Waals surface area (Å²) in [7, 11) is -4.47. The molecule has 37 heavy (non-hydrogen) atoms. The third-order valence-electron chi connectivity index (χ3n) is 4.83. The van der Waals surface area contributed by atoms with Gasteiger partial charge in [-0.25, -0.2) is 0 Å². The molecule has 0 aliphatic rings. The van der Waals surface area contributed by atoms with Crippen LogP contribution in [0.2, 0.25) is 0 Å². The molecule has 1 amide bonds. The molecule has 0 unspecified atom stereocenters. The molecule has 0 bridgehead atoms. The topological polar surface area (TPSA) is 149 Å². The van der Waals surface area contributed by atoms with Crippen LogP contribution in [-0.4, -0.2) is 25.9 Å². The van der Waals surface area contributed by atoms with Crippen LogP contribution >= 0.6 is 15.9 Å². The van der Waals surface area contributed by atoms with E-state index in [-0.39, 0.29) is 28.2 Å². The Hall–Kier alpha value is -4.21. The van der Waals surface area contributed by atoms with E-state index >= 15 is 0 Å². The lowest BCUT2D eigenvalue weighted by molar-refractivity contribution is -0.385. The molecular weight excluding hydrogens is 566 g/mol. The van der Waals surface area contributed by atoms with Crippen LogP contribution in [0.1, 0.15) is 18.1 Å². The lowest BCUT2D eigenvalue weighted by Gasteiger charge is -2.14. The van der Waals surface area contributed by atoms with Crippen LogP contribution in [0.3, 0.4) is 0 Å². The number of carbonyl (C=O) groups is 1. The van der Waals surface area contributed by atoms with Crippen molar-refractivity contribution in [3.05, 3.63) is 92.0 Å². The van der Waals surface area contributed by atoms with Gasteiger partial charge in [-0.1, -0.05) is 23.8 Å². The summed E-state index contributed by atoms with van der Waals surface area (Å²) in [5, 5.41) is 23.2. The Morgan fingerprint density at radius 2 is 1.89 bits per heavy atom. The number of aryl methyl sites for hydroxylation is 1. The van der Waals surface area contributed by atoms with Crippen molar-refractivity contribution < 1.29 is 27.1 Å². The van der Waals surface area contributed by atoms with Gasteiger partial charge < -0.3 is 14.2 Å². The largest absolute Gasteiger partial charge is 0.490 e. The highest BCUT2D eigenvalue weighted by Crippen LogP contribution is 2.39. The zero-order valence-electron chi connectivity index (χ0n) is 19.6. The van der Waals surface area contributed by atoms with Crippen LogP contribution in [0, 0.1) is 28.4 Å². The van der Waals surface area contributed by atoms with E-state index in [9.17, 15) is 28.6 Å². The maximum atomic E-state index is 12.8. The Morgan fingerprint density at radius 3 is 2.51 bits per heavy atom. The number of anilines is 1. The Balaban J connectivity index is 1.95. The monoisotopic (exact) mass is 585 g/mol. The predicted molar refractivity (Wildman–Crippen MR) is 140 cm³/mol. The summed E-state index contributed by atoms with van der Waals surface area (Å²) in [6.45, 7) is 3.72. The summed E-state index contributed by atoms with van der Waals surface area (Å²) in [6.07, 6.45) is 1.32. The van der Waals surface area contributed by atoms with Gasteiger partial charge in [-0.05, 0) is 71.7 Å². The van der Waals surface area contributed by atoms with Gasteiger partial charge in [0.1, 0.15) is 16.5 Å². The van der Waals surface area contributed by atoms with Crippen molar-refractivity contribution >= 4 is 49.4 Å². The molecule has 0 aromatic heterocycles. The van der Waals surface area contributed by atoms with Gasteiger partial charge in [0.2, 0.25) is 0 Å². The summed E-state index contributed by atoms with van der Waals surface area (Å²) in [5.41, 5.74) is 1.27. The van der Waals surface area contributed by atoms with Crippen LogP contribution in [0.25, 0.3) is 6.08 Å². The number of benzene rings is 3. The quantitative estimate of drug-likeness (QED) is 0.116. The summed E-state index contributed by atoms with van der Waals surface area (Å²) in [4.78, 5) is 22.5. The van der Waals surface area contributed by atoms with Crippen molar-refractivity contribution in [2.24, 2.45) is 0 Å². The summed E-state index contributed by atoms with van der Waals surface area (Å²) < 4.78 is 36.7. The number of halogens is 1. The van der Waals surface area contributed by atoms with Crippen molar-refractivity contribution in [3.8, 4) is 17.6 Å². The number of nitrogens with zero attached hydrogens (tertiary/aromatic N) is 2. The van der Waals surface area contributed by atoms with E-state index in [2.05, 4.69) is 21.2 Å². The number of carbonyl (C=O) groups excluding carboxylic acids is 1. The summed E-state index contributed by atoms with van der Waals surface area (Å²) >= 11 is 3.25. The van der Waals surface area contributed by atoms with Crippen LogP contribution in [0.5, 0.6) is 11.5 Å². The lowest BCUT2D eigenvalue weighted by atomic mass is 10.1. The van der Waals surface area contributed by atoms with Crippen molar-refractivity contribution in [1.82, 2.24) is 0 Å². The molecule has 10 nitrogen and oxygen atoms in total. The zero-order valence-corrected chi connectivity index (χ0v) is 22.0. The molecule has 3 aromatic rings. The van der Waals surface area contributed by atoms with Crippen molar-refractivity contribution in [1.29, 1.82) is 5.26 Å². The molecule has 0 saturated heterocycles. The number of hydrogen-bond donors (Lipinski definition) is 1. The molecule has 1 N–H and O–H groups in total. The highest BCUT2D eigenvalue weighted by Gasteiger charge is 2.24. The molecule has 0 radical (unpaired) electrons. The number of nitro benzene ring substituents is 1. The van der Waals surface area contributed by atoms with E-state index in [0.29, 0.717) is 11.3 Å². The van der Waals surface area contributed by atoms with Gasteiger partial charge in [-0.15, -0.1) is 0 Å². The second kappa shape index (κ2) is 11.7. The van der Waals surface area contributed by atoms with Crippen LogP contribution in [0.15, 0.2) is 75.6 Å². The number of hydrogen-bond acceptors (Lipinski definition) is 8. The van der Waals surface area contributed by atoms with E-state index in [1.807, 2.05) is 25.1 Å². The number of amides is 1. The van der Waals surface area contributed by atoms with Gasteiger partial charge in [0, 0.05) is 17.8 Å². The first-order valence-corrected chi connectivity index (χ1v) is 12.9. The maximum absolute atomic E-state index is 12.8. The third kappa shape index (κ3) is 6.93. The van der Waals surface area contributed by atoms with Gasteiger partial charge in [0.15, 0.2) is 11.5 Å². The van der Waals surface area contributed by atoms with E-state index in [1.165, 1.54) is 30.3 Å². The fourth-order valence-corrected chi connectivity index (χ4v) is 4.72. The van der Waals surface area contributed by atoms with Crippen molar-refractivity contribution in [2.45, 2.75) is 18.7 Å². The van der Waals surface area contributed by atoms with Crippen LogP contribution in [0.4, 0.5) is 11.4 Å². The maximum Gasteiger partial charge on any atom is 0.339 e. The molecule has 0 aliphatic heterocycles. The molecule has 0 spiro atoms. The molecular formula is C25H20BrN3O7S. The Bertz CT molecular complexity index is 1530. The molecule has 0 aliphatic carbocycles. The number of nitro groups is 1. The number of non-ortho nitro benzene ring substituents is 1. The van der Waals surface area contributed by atoms with Gasteiger partial charge in [0.25, 0.3) is 11.6 Å². The first kappa shape index (κ1) is 27.4. The lowest BCUT2D eigenvalue weighted by Crippen LogP contribution is -2.13. The van der Waals surface area contributed by atoms with E-state index < -0.39 is 31.5 Å². The average Bonchev–Trinajstić information content (AvgIpc) is 2.86. The Morgan fingerprint density at radius 1 is 1.19 bits per heavy atom. The molecule has 0 heterocycles. The Labute approximate surface area is 221 Å². The van der Waals surface area contributed by atoms with Crippen molar-refractivity contribution in [3.63, 3.8) is 0 Å². The fourth-order valence-electron chi connectivity index (χ4n) is 3.08. The molecule has 12 heteroatoms. The highest BCUT2D eigenvalue weighted by molar-refractivity contribution is 9.10. The second-order valence-electron chi connectivity index (χ2n) is 7.54. The van der Waals surface area contributed by atoms with E-state index in [0.717, 1.165) is 17.7 Å². The van der Waals surface area contributed by atoms with Crippen LogP contribution < -0.4 is 14.2 Å². The molecule has 190 valence electrons. The third-order valence-corrected chi connectivity index (χ3v) is 6.63. The van der Waals surface area contributed by atoms with E-state index in [4.69, 9.17) is 8.92 Å². The first-order valence-electron chi connectivity index (χ1n) is 10.7. The minimum Gasteiger partial charge on any atom is -0.490 e. The zero-order chi connectivity index (χ0) is 27.2. The predicted octanol–water partition coefficient (Wildman–Crippen LogP) is 5.38. The van der Waals surface area contributed by atoms with Crippen LogP contribution in [-0.2, 0) is 14.9 Å². The average molecular weight is 586 g/mol. The minimum atomic E-state index is -4.47. The number of nitriles is 1. The smallest absolute Gasteiger partial charge is 0.339 e. The van der Waals surface area contributed by atoms with E-state index in [1.54, 1.807) is 19.1 Å². The summed E-state index contributed by atoms with van der Waals surface area (Å²) in [5.74, 6) is -0.824. The molecule has 0 fully saturated rings. The standard InChI is InChI=1S/C25H20BrN3O7S/c1-3-35-23-13-17(11-18(15-27)25(30)28-19-9-7-16(2)8-10-19)12-22(26)24(23)36-37(33,34)21-6-4-5-20(14-21)29(31)32/h4-14H,3H2,1-2H3,(H,28,30)/b18-11-. The number of nitrogens with one attached hydrogen (secondary N) is 1. The fraction of sp³-hybridized carbons (Fsp3) is 0.120. The number of rotatable bonds is 9. The SMILES string of the molecule is CCOc1cc(/C=C(/C#N)C(=O)Nc2ccc(C)cc2)cc(Br)c1OS(=O)(=O)c1cccc([N+](=O)[O-])c1. The second-order valence-corrected chi connectivity index (χ2v) is 9.95. The number of ether oxygens (including phenoxy) is 1. The first-order chi connectivity index (χ1) is 17.5. The molecule has 0 saturated carbocycles. The Kier molecular flexibility index (Phi) is 8.65. The van der Waals surface area contributed by atoms with Gasteiger partial charge in [-0.2, -0.15) is 13.7 Å². The van der Waals surface area contributed by atoms with Crippen molar-refractivity contribution in [2.75, 3.05) is 11.9 Å². The molecule has 0 atom stereocenters. The van der Waals surface area contributed by atoms with Gasteiger partial charge in [0.05, 0.1) is 16.0 Å². The molecule has 3 aromatic carbocycles. The highest BCUT2D eigenvalue weighted by atomic mass is 79.9. The minimum absolute atomic E-state index is 0.00774. The molecule has 3 rings (SSSR count). The van der Waals surface area contributed by atoms with Gasteiger partial charge >= 0.3 is 10.1 Å². The van der Waals surface area contributed by atoms with Gasteiger partial charge in [-0.3, -0.25) is 14.9 Å². The normalized spacial score (nSPS) is 11.4.